The molecule has 1 saturated heterocycles. The van der Waals surface area contributed by atoms with E-state index >= 15 is 0 Å². The molecule has 1 aliphatic heterocycles. The number of anilines is 3. The number of ether oxygens (including phenoxy) is 1. The third kappa shape index (κ3) is 3.05. The van der Waals surface area contributed by atoms with Crippen LogP contribution in [-0.2, 0) is 0 Å². The summed E-state index contributed by atoms with van der Waals surface area (Å²) in [4.78, 5) is 13.2. The van der Waals surface area contributed by atoms with Crippen LogP contribution in [0.2, 0.25) is 0 Å². The van der Waals surface area contributed by atoms with Crippen molar-refractivity contribution in [2.75, 3.05) is 55.5 Å². The number of hydrogen-bond acceptors (Lipinski definition) is 6. The number of benzene rings is 1. The molecule has 0 atom stereocenters. The number of nitrogens with zero attached hydrogens (tertiary/aromatic N) is 4. The van der Waals surface area contributed by atoms with Crippen LogP contribution < -0.4 is 19.9 Å². The van der Waals surface area contributed by atoms with Gasteiger partial charge in [-0.1, -0.05) is 0 Å². The molecule has 0 spiro atoms. The fraction of sp³-hybridized carbons (Fsp3) is 0.375. The molecule has 6 nitrogen and oxygen atoms in total. The van der Waals surface area contributed by atoms with E-state index in [0.717, 1.165) is 43.6 Å². The van der Waals surface area contributed by atoms with Gasteiger partial charge >= 0.3 is 0 Å². The molecular formula is C16H21N5O. The molecule has 0 amide bonds. The van der Waals surface area contributed by atoms with Crippen LogP contribution in [0.3, 0.4) is 0 Å². The monoisotopic (exact) mass is 299 g/mol. The Kier molecular flexibility index (Phi) is 4.27. The highest BCUT2D eigenvalue weighted by Crippen LogP contribution is 2.22. The fourth-order valence-corrected chi connectivity index (χ4v) is 2.64. The van der Waals surface area contributed by atoms with Gasteiger partial charge in [-0.15, -0.1) is 0 Å². The van der Waals surface area contributed by atoms with Gasteiger partial charge in [-0.3, -0.25) is 0 Å². The van der Waals surface area contributed by atoms with E-state index in [0.29, 0.717) is 0 Å². The van der Waals surface area contributed by atoms with Gasteiger partial charge in [-0.05, 0) is 24.3 Å². The lowest BCUT2D eigenvalue weighted by Crippen LogP contribution is -2.46. The van der Waals surface area contributed by atoms with Gasteiger partial charge in [0.1, 0.15) is 23.7 Å². The van der Waals surface area contributed by atoms with E-state index in [1.54, 1.807) is 13.4 Å². The lowest BCUT2D eigenvalue weighted by Gasteiger charge is -2.36. The van der Waals surface area contributed by atoms with Crippen LogP contribution in [0.25, 0.3) is 0 Å². The van der Waals surface area contributed by atoms with E-state index in [-0.39, 0.29) is 0 Å². The third-order valence-corrected chi connectivity index (χ3v) is 3.95. The summed E-state index contributed by atoms with van der Waals surface area (Å²) < 4.78 is 5.21. The number of piperazine rings is 1. The van der Waals surface area contributed by atoms with E-state index < -0.39 is 0 Å². The number of hydrogen-bond donors (Lipinski definition) is 1. The van der Waals surface area contributed by atoms with Gasteiger partial charge in [0, 0.05) is 45.0 Å². The largest absolute Gasteiger partial charge is 0.497 e. The first-order valence-corrected chi connectivity index (χ1v) is 7.44. The van der Waals surface area contributed by atoms with Gasteiger partial charge in [-0.2, -0.15) is 0 Å². The molecule has 1 aromatic carbocycles. The lowest BCUT2D eigenvalue weighted by molar-refractivity contribution is 0.415. The summed E-state index contributed by atoms with van der Waals surface area (Å²) in [5.74, 6) is 2.72. The number of nitrogens with one attached hydrogen (secondary N) is 1. The molecule has 0 unspecified atom stereocenters. The smallest absolute Gasteiger partial charge is 0.134 e. The van der Waals surface area contributed by atoms with E-state index in [2.05, 4.69) is 37.2 Å². The maximum Gasteiger partial charge on any atom is 0.134 e. The minimum atomic E-state index is 0.850. The topological polar surface area (TPSA) is 53.5 Å². The van der Waals surface area contributed by atoms with Crippen molar-refractivity contribution in [1.82, 2.24) is 9.97 Å². The second-order valence-electron chi connectivity index (χ2n) is 5.18. The molecule has 22 heavy (non-hydrogen) atoms. The molecule has 0 aliphatic carbocycles. The van der Waals surface area contributed by atoms with Crippen LogP contribution in [0.1, 0.15) is 0 Å². The Hall–Kier alpha value is -2.50. The Morgan fingerprint density at radius 3 is 2.32 bits per heavy atom. The summed E-state index contributed by atoms with van der Waals surface area (Å²) in [5, 5.41) is 3.05. The molecule has 116 valence electrons. The summed E-state index contributed by atoms with van der Waals surface area (Å²) in [6, 6.07) is 10.2. The second kappa shape index (κ2) is 6.51. The minimum absolute atomic E-state index is 0.850. The highest BCUT2D eigenvalue weighted by Gasteiger charge is 2.18. The zero-order valence-corrected chi connectivity index (χ0v) is 13.0. The Morgan fingerprint density at radius 2 is 1.68 bits per heavy atom. The van der Waals surface area contributed by atoms with Crippen LogP contribution in [-0.4, -0.2) is 50.3 Å². The van der Waals surface area contributed by atoms with E-state index in [1.165, 1.54) is 5.69 Å². The number of aromatic nitrogens is 2. The van der Waals surface area contributed by atoms with Crippen molar-refractivity contribution in [2.45, 2.75) is 0 Å². The first-order valence-electron chi connectivity index (χ1n) is 7.44. The second-order valence-corrected chi connectivity index (χ2v) is 5.18. The van der Waals surface area contributed by atoms with Crippen molar-refractivity contribution in [1.29, 1.82) is 0 Å². The molecule has 0 bridgehead atoms. The molecule has 1 aliphatic rings. The van der Waals surface area contributed by atoms with Crippen LogP contribution in [0.5, 0.6) is 5.75 Å². The normalized spacial score (nSPS) is 14.8. The van der Waals surface area contributed by atoms with E-state index in [9.17, 15) is 0 Å². The molecule has 0 saturated carbocycles. The van der Waals surface area contributed by atoms with Crippen molar-refractivity contribution in [3.8, 4) is 5.75 Å². The quantitative estimate of drug-likeness (QED) is 0.930. The van der Waals surface area contributed by atoms with Gasteiger partial charge < -0.3 is 19.9 Å². The molecule has 1 aromatic heterocycles. The van der Waals surface area contributed by atoms with Gasteiger partial charge in [0.2, 0.25) is 0 Å². The van der Waals surface area contributed by atoms with Gasteiger partial charge in [0.05, 0.1) is 7.11 Å². The first-order chi connectivity index (χ1) is 10.8. The fourth-order valence-electron chi connectivity index (χ4n) is 2.64. The number of rotatable bonds is 4. The third-order valence-electron chi connectivity index (χ3n) is 3.95. The summed E-state index contributed by atoms with van der Waals surface area (Å²) in [6.07, 6.45) is 1.61. The van der Waals surface area contributed by atoms with E-state index in [1.807, 2.05) is 25.2 Å². The lowest BCUT2D eigenvalue weighted by atomic mass is 10.2. The summed E-state index contributed by atoms with van der Waals surface area (Å²) in [7, 11) is 3.56. The van der Waals surface area contributed by atoms with Gasteiger partial charge in [-0.25, -0.2) is 9.97 Å². The average molecular weight is 299 g/mol. The predicted molar refractivity (Wildman–Crippen MR) is 89.0 cm³/mol. The highest BCUT2D eigenvalue weighted by atomic mass is 16.5. The molecule has 3 rings (SSSR count). The van der Waals surface area contributed by atoms with Crippen molar-refractivity contribution in [3.63, 3.8) is 0 Å². The first kappa shape index (κ1) is 14.4. The van der Waals surface area contributed by atoms with Crippen LogP contribution in [0, 0.1) is 0 Å². The van der Waals surface area contributed by atoms with Crippen molar-refractivity contribution in [3.05, 3.63) is 36.7 Å². The standard InChI is InChI=1S/C16H21N5O/c1-17-15-11-16(19-12-18-15)21-9-7-20(8-10-21)13-3-5-14(22-2)6-4-13/h3-6,11-12H,7-10H2,1-2H3,(H,17,18,19). The van der Waals surface area contributed by atoms with E-state index in [4.69, 9.17) is 4.74 Å². The van der Waals surface area contributed by atoms with Crippen molar-refractivity contribution >= 4 is 17.3 Å². The van der Waals surface area contributed by atoms with Crippen LogP contribution >= 0.6 is 0 Å². The van der Waals surface area contributed by atoms with Crippen LogP contribution in [0.15, 0.2) is 36.7 Å². The zero-order valence-electron chi connectivity index (χ0n) is 13.0. The molecule has 1 fully saturated rings. The Bertz CT molecular complexity index is 608. The molecule has 0 radical (unpaired) electrons. The molecule has 6 heteroatoms. The van der Waals surface area contributed by atoms with Crippen molar-refractivity contribution < 1.29 is 4.74 Å². The van der Waals surface area contributed by atoms with Gasteiger partial charge in [0.15, 0.2) is 0 Å². The highest BCUT2D eigenvalue weighted by molar-refractivity contribution is 5.53. The van der Waals surface area contributed by atoms with Gasteiger partial charge in [0.25, 0.3) is 0 Å². The summed E-state index contributed by atoms with van der Waals surface area (Å²) >= 11 is 0. The van der Waals surface area contributed by atoms with Crippen molar-refractivity contribution in [2.24, 2.45) is 0 Å². The molecular weight excluding hydrogens is 278 g/mol. The summed E-state index contributed by atoms with van der Waals surface area (Å²) in [6.45, 7) is 3.86. The minimum Gasteiger partial charge on any atom is -0.497 e. The zero-order chi connectivity index (χ0) is 15.4. The number of methoxy groups -OCH3 is 1. The molecule has 1 N–H and O–H groups in total. The average Bonchev–Trinajstić information content (AvgIpc) is 2.62. The Balaban J connectivity index is 1.64. The Labute approximate surface area is 130 Å². The predicted octanol–water partition coefficient (Wildman–Crippen LogP) is 1.85. The Morgan fingerprint density at radius 1 is 1.00 bits per heavy atom. The molecule has 2 aromatic rings. The van der Waals surface area contributed by atoms with Crippen LogP contribution in [0.4, 0.5) is 17.3 Å². The molecule has 2 heterocycles. The summed E-state index contributed by atoms with van der Waals surface area (Å²) in [5.41, 5.74) is 1.24. The maximum absolute atomic E-state index is 5.21. The SMILES string of the molecule is CNc1cc(N2CCN(c3ccc(OC)cc3)CC2)ncn1. The maximum atomic E-state index is 5.21.